The van der Waals surface area contributed by atoms with Gasteiger partial charge in [0, 0.05) is 18.2 Å². The molecule has 1 aliphatic heterocycles. The van der Waals surface area contributed by atoms with E-state index in [1.165, 1.54) is 12.8 Å². The Morgan fingerprint density at radius 1 is 1.24 bits per heavy atom. The number of halogens is 2. The Balaban J connectivity index is 1.96. The quantitative estimate of drug-likeness (QED) is 0.865. The van der Waals surface area contributed by atoms with Crippen LogP contribution in [-0.4, -0.2) is 40.9 Å². The molecule has 0 aliphatic carbocycles. The Morgan fingerprint density at radius 3 is 2.81 bits per heavy atom. The van der Waals surface area contributed by atoms with Crippen LogP contribution in [-0.2, 0) is 0 Å². The van der Waals surface area contributed by atoms with Crippen LogP contribution in [0.3, 0.4) is 0 Å². The van der Waals surface area contributed by atoms with E-state index in [4.69, 9.17) is 23.2 Å². The Hall–Kier alpha value is -0.320. The van der Waals surface area contributed by atoms with Crippen LogP contribution < -0.4 is 0 Å². The second-order valence-corrected chi connectivity index (χ2v) is 6.45. The third kappa shape index (κ3) is 4.57. The molecule has 2 unspecified atom stereocenters. The number of likely N-dealkylation sites (tertiary alicyclic amines) is 1. The average Bonchev–Trinajstić information content (AvgIpc) is 2.72. The number of aliphatic hydroxyl groups is 2. The monoisotopic (exact) mass is 331 g/mol. The molecule has 3 nitrogen and oxygen atoms in total. The first kappa shape index (κ1) is 17.0. The van der Waals surface area contributed by atoms with E-state index in [0.29, 0.717) is 22.0 Å². The Labute approximate surface area is 136 Å². The highest BCUT2D eigenvalue weighted by Crippen LogP contribution is 2.31. The molecule has 1 aromatic rings. The van der Waals surface area contributed by atoms with E-state index in [9.17, 15) is 10.2 Å². The molecule has 0 amide bonds. The highest BCUT2D eigenvalue weighted by Gasteiger charge is 2.22. The van der Waals surface area contributed by atoms with E-state index < -0.39 is 6.10 Å². The van der Waals surface area contributed by atoms with Gasteiger partial charge in [0.2, 0.25) is 0 Å². The second kappa shape index (κ2) is 8.35. The van der Waals surface area contributed by atoms with Crippen molar-refractivity contribution in [3.05, 3.63) is 33.8 Å². The molecular weight excluding hydrogens is 309 g/mol. The lowest BCUT2D eigenvalue weighted by atomic mass is 10.1. The number of nitrogens with zero attached hydrogens (tertiary/aromatic N) is 1. The fourth-order valence-corrected chi connectivity index (χ4v) is 3.39. The first-order valence-electron chi connectivity index (χ1n) is 7.60. The van der Waals surface area contributed by atoms with E-state index in [1.54, 1.807) is 12.1 Å². The zero-order chi connectivity index (χ0) is 15.2. The van der Waals surface area contributed by atoms with Crippen LogP contribution in [0.15, 0.2) is 18.2 Å². The van der Waals surface area contributed by atoms with Crippen molar-refractivity contribution in [1.82, 2.24) is 4.90 Å². The Morgan fingerprint density at radius 2 is 2.05 bits per heavy atom. The van der Waals surface area contributed by atoms with Crippen molar-refractivity contribution in [2.75, 3.05) is 19.7 Å². The minimum absolute atomic E-state index is 0.189. The second-order valence-electron chi connectivity index (χ2n) is 5.67. The highest BCUT2D eigenvalue weighted by atomic mass is 35.5. The Bertz CT molecular complexity index is 456. The molecular formula is C16H23Cl2NO2. The van der Waals surface area contributed by atoms with Gasteiger partial charge in [-0.3, -0.25) is 4.90 Å². The molecule has 1 aromatic carbocycles. The maximum Gasteiger partial charge on any atom is 0.0817 e. The van der Waals surface area contributed by atoms with E-state index in [2.05, 4.69) is 4.90 Å². The van der Waals surface area contributed by atoms with Crippen LogP contribution in [0.4, 0.5) is 0 Å². The third-order valence-electron chi connectivity index (χ3n) is 4.24. The summed E-state index contributed by atoms with van der Waals surface area (Å²) in [6.45, 7) is 1.93. The summed E-state index contributed by atoms with van der Waals surface area (Å²) in [5.74, 6) is 0. The topological polar surface area (TPSA) is 43.7 Å². The van der Waals surface area contributed by atoms with Gasteiger partial charge in [-0.1, -0.05) is 48.2 Å². The molecule has 2 atom stereocenters. The molecule has 0 aromatic heterocycles. The summed E-state index contributed by atoms with van der Waals surface area (Å²) in [4.78, 5) is 2.29. The van der Waals surface area contributed by atoms with Crippen LogP contribution in [0.1, 0.15) is 43.8 Å². The molecule has 0 saturated carbocycles. The van der Waals surface area contributed by atoms with Gasteiger partial charge in [0.05, 0.1) is 22.8 Å². The van der Waals surface area contributed by atoms with E-state index in [1.807, 2.05) is 6.07 Å². The maximum absolute atomic E-state index is 10.4. The third-order valence-corrected chi connectivity index (χ3v) is 5.07. The van der Waals surface area contributed by atoms with Gasteiger partial charge in [-0.25, -0.2) is 0 Å². The number of benzene rings is 1. The van der Waals surface area contributed by atoms with Gasteiger partial charge in [-0.05, 0) is 31.9 Å². The van der Waals surface area contributed by atoms with Gasteiger partial charge >= 0.3 is 0 Å². The molecule has 0 bridgehead atoms. The molecule has 2 rings (SSSR count). The Kier molecular flexibility index (Phi) is 6.77. The van der Waals surface area contributed by atoms with Crippen molar-refractivity contribution in [2.24, 2.45) is 0 Å². The van der Waals surface area contributed by atoms with Crippen LogP contribution in [0, 0.1) is 0 Å². The zero-order valence-corrected chi connectivity index (χ0v) is 13.7. The minimum Gasteiger partial charge on any atom is -0.395 e. The van der Waals surface area contributed by atoms with Gasteiger partial charge in [0.25, 0.3) is 0 Å². The number of hydrogen-bond acceptors (Lipinski definition) is 3. The molecule has 0 radical (unpaired) electrons. The minimum atomic E-state index is -0.626. The number of hydrogen-bond donors (Lipinski definition) is 2. The van der Waals surface area contributed by atoms with Crippen molar-refractivity contribution >= 4 is 23.2 Å². The van der Waals surface area contributed by atoms with Gasteiger partial charge < -0.3 is 10.2 Å². The molecule has 2 N–H and O–H groups in total. The lowest BCUT2D eigenvalue weighted by Gasteiger charge is -2.29. The molecule has 21 heavy (non-hydrogen) atoms. The van der Waals surface area contributed by atoms with Crippen LogP contribution >= 0.6 is 23.2 Å². The summed E-state index contributed by atoms with van der Waals surface area (Å²) in [6.07, 6.45) is 4.55. The zero-order valence-electron chi connectivity index (χ0n) is 12.1. The van der Waals surface area contributed by atoms with E-state index >= 15 is 0 Å². The SMILES string of the molecule is OCC1CCCCCN1CCC(O)c1cccc(Cl)c1Cl. The van der Waals surface area contributed by atoms with Crippen LogP contribution in [0.5, 0.6) is 0 Å². The van der Waals surface area contributed by atoms with Gasteiger partial charge in [0.15, 0.2) is 0 Å². The summed E-state index contributed by atoms with van der Waals surface area (Å²) in [7, 11) is 0. The largest absolute Gasteiger partial charge is 0.395 e. The van der Waals surface area contributed by atoms with Crippen molar-refractivity contribution in [3.63, 3.8) is 0 Å². The van der Waals surface area contributed by atoms with Crippen molar-refractivity contribution < 1.29 is 10.2 Å². The van der Waals surface area contributed by atoms with E-state index in [0.717, 1.165) is 25.9 Å². The highest BCUT2D eigenvalue weighted by molar-refractivity contribution is 6.42. The summed E-state index contributed by atoms with van der Waals surface area (Å²) in [5, 5.41) is 20.8. The van der Waals surface area contributed by atoms with Crippen molar-refractivity contribution in [2.45, 2.75) is 44.2 Å². The number of aliphatic hydroxyl groups excluding tert-OH is 2. The maximum atomic E-state index is 10.4. The van der Waals surface area contributed by atoms with Gasteiger partial charge in [-0.2, -0.15) is 0 Å². The lowest BCUT2D eigenvalue weighted by Crippen LogP contribution is -2.38. The first-order chi connectivity index (χ1) is 10.1. The smallest absolute Gasteiger partial charge is 0.0817 e. The molecule has 1 saturated heterocycles. The molecule has 1 heterocycles. The summed E-state index contributed by atoms with van der Waals surface area (Å²) in [6, 6.07) is 5.55. The predicted molar refractivity (Wildman–Crippen MR) is 87.0 cm³/mol. The molecule has 118 valence electrons. The fraction of sp³-hybridized carbons (Fsp3) is 0.625. The lowest BCUT2D eigenvalue weighted by molar-refractivity contribution is 0.0947. The van der Waals surface area contributed by atoms with Gasteiger partial charge in [-0.15, -0.1) is 0 Å². The molecule has 0 spiro atoms. The number of rotatable bonds is 5. The van der Waals surface area contributed by atoms with Crippen LogP contribution in [0.2, 0.25) is 10.0 Å². The first-order valence-corrected chi connectivity index (χ1v) is 8.36. The summed E-state index contributed by atoms with van der Waals surface area (Å²) < 4.78 is 0. The van der Waals surface area contributed by atoms with Crippen molar-refractivity contribution in [3.8, 4) is 0 Å². The fourth-order valence-electron chi connectivity index (χ4n) is 2.96. The molecule has 1 fully saturated rings. The predicted octanol–water partition coefficient (Wildman–Crippen LogP) is 3.65. The average molecular weight is 332 g/mol. The normalized spacial score (nSPS) is 22.0. The van der Waals surface area contributed by atoms with Gasteiger partial charge in [0.1, 0.15) is 0 Å². The standard InChI is InChI=1S/C16H23Cl2NO2/c17-14-7-4-6-13(16(14)18)15(21)8-10-19-9-3-1-2-5-12(19)11-20/h4,6-7,12,15,20-21H,1-3,5,8-11H2. The van der Waals surface area contributed by atoms with E-state index in [-0.39, 0.29) is 12.6 Å². The summed E-state index contributed by atoms with van der Waals surface area (Å²) >= 11 is 12.1. The van der Waals surface area contributed by atoms with Crippen molar-refractivity contribution in [1.29, 1.82) is 0 Å². The summed E-state index contributed by atoms with van der Waals surface area (Å²) in [5.41, 5.74) is 0.680. The molecule has 1 aliphatic rings. The van der Waals surface area contributed by atoms with Crippen LogP contribution in [0.25, 0.3) is 0 Å². The molecule has 5 heteroatoms.